The van der Waals surface area contributed by atoms with Crippen LogP contribution in [0, 0.1) is 5.82 Å². The molecule has 0 fully saturated rings. The molecule has 0 bridgehead atoms. The Morgan fingerprint density at radius 3 is 2.46 bits per heavy atom. The van der Waals surface area contributed by atoms with Crippen molar-refractivity contribution in [1.29, 1.82) is 0 Å². The molecule has 0 aromatic heterocycles. The lowest BCUT2D eigenvalue weighted by Crippen LogP contribution is -2.24. The molecule has 0 saturated heterocycles. The summed E-state index contributed by atoms with van der Waals surface area (Å²) < 4.78 is 40.0. The molecular weight excluding hydrogens is 359 g/mol. The van der Waals surface area contributed by atoms with Gasteiger partial charge in [0.1, 0.15) is 5.82 Å². The van der Waals surface area contributed by atoms with Crippen molar-refractivity contribution in [1.82, 2.24) is 4.72 Å². The fourth-order valence-corrected chi connectivity index (χ4v) is 3.28. The molecule has 1 unspecified atom stereocenters. The van der Waals surface area contributed by atoms with Gasteiger partial charge >= 0.3 is 5.97 Å². The minimum atomic E-state index is -3.73. The summed E-state index contributed by atoms with van der Waals surface area (Å²) in [5, 5.41) is 11.9. The molecule has 0 spiro atoms. The van der Waals surface area contributed by atoms with E-state index in [0.717, 1.165) is 11.6 Å². The highest BCUT2D eigenvalue weighted by molar-refractivity contribution is 7.89. The van der Waals surface area contributed by atoms with Crippen LogP contribution in [0.2, 0.25) is 0 Å². The van der Waals surface area contributed by atoms with Crippen molar-refractivity contribution in [3.63, 3.8) is 0 Å². The van der Waals surface area contributed by atoms with Crippen LogP contribution in [0.5, 0.6) is 0 Å². The highest BCUT2D eigenvalue weighted by Gasteiger charge is 2.17. The number of carboxylic acid groups (broad SMARTS) is 1. The lowest BCUT2D eigenvalue weighted by molar-refractivity contribution is -0.137. The van der Waals surface area contributed by atoms with E-state index in [1.807, 2.05) is 30.3 Å². The van der Waals surface area contributed by atoms with Gasteiger partial charge in [-0.15, -0.1) is 0 Å². The fourth-order valence-electron chi connectivity index (χ4n) is 2.54. The Hall–Kier alpha value is -2.45. The number of aliphatic carboxylic acids is 1. The molecule has 2 rings (SSSR count). The molecule has 0 saturated carbocycles. The van der Waals surface area contributed by atoms with Crippen LogP contribution >= 0.6 is 0 Å². The number of hydrogen-bond donors (Lipinski definition) is 3. The fraction of sp³-hybridized carbons (Fsp3) is 0.278. The van der Waals surface area contributed by atoms with Crippen LogP contribution in [-0.2, 0) is 21.2 Å². The van der Waals surface area contributed by atoms with Crippen LogP contribution in [-0.4, -0.2) is 32.6 Å². The number of carbonyl (C=O) groups is 1. The summed E-state index contributed by atoms with van der Waals surface area (Å²) in [6.45, 7) is 0. The third-order valence-electron chi connectivity index (χ3n) is 3.91. The average molecular weight is 380 g/mol. The Morgan fingerprint density at radius 1 is 1.19 bits per heavy atom. The maximum atomic E-state index is 14.3. The van der Waals surface area contributed by atoms with E-state index >= 15 is 0 Å². The minimum absolute atomic E-state index is 0.0572. The standard InChI is InChI=1S/C18H21FN2O4S/c1-20-26(24,25)15-8-9-17(16(19)12-15)21-14(7-10-18(22)23)11-13-5-3-2-4-6-13/h2-6,8-9,12,14,20-21H,7,10-11H2,1H3,(H,22,23). The first-order valence-corrected chi connectivity index (χ1v) is 9.55. The molecule has 2 aromatic carbocycles. The molecule has 6 nitrogen and oxygen atoms in total. The maximum absolute atomic E-state index is 14.3. The Labute approximate surface area is 152 Å². The molecule has 26 heavy (non-hydrogen) atoms. The highest BCUT2D eigenvalue weighted by Crippen LogP contribution is 2.21. The van der Waals surface area contributed by atoms with Gasteiger partial charge in [0.15, 0.2) is 0 Å². The molecule has 0 aliphatic heterocycles. The van der Waals surface area contributed by atoms with E-state index < -0.39 is 21.8 Å². The number of hydrogen-bond acceptors (Lipinski definition) is 4. The van der Waals surface area contributed by atoms with Crippen LogP contribution in [0.25, 0.3) is 0 Å². The molecule has 1 atom stereocenters. The summed E-state index contributed by atoms with van der Waals surface area (Å²) in [5.41, 5.74) is 1.12. The Bertz CT molecular complexity index is 857. The van der Waals surface area contributed by atoms with E-state index in [4.69, 9.17) is 5.11 Å². The second-order valence-corrected chi connectivity index (χ2v) is 7.70. The molecule has 0 aliphatic rings. The lowest BCUT2D eigenvalue weighted by Gasteiger charge is -2.20. The normalized spacial score (nSPS) is 12.5. The van der Waals surface area contributed by atoms with Crippen LogP contribution in [0.15, 0.2) is 53.4 Å². The van der Waals surface area contributed by atoms with Crippen molar-refractivity contribution >= 4 is 21.7 Å². The molecule has 0 heterocycles. The maximum Gasteiger partial charge on any atom is 0.303 e. The summed E-state index contributed by atoms with van der Waals surface area (Å²) in [5.74, 6) is -1.64. The van der Waals surface area contributed by atoms with Gasteiger partial charge in [-0.1, -0.05) is 30.3 Å². The predicted molar refractivity (Wildman–Crippen MR) is 97.1 cm³/mol. The van der Waals surface area contributed by atoms with Gasteiger partial charge < -0.3 is 10.4 Å². The SMILES string of the molecule is CNS(=O)(=O)c1ccc(NC(CCC(=O)O)Cc2ccccc2)c(F)c1. The predicted octanol–water partition coefficient (Wildman–Crippen LogP) is 2.62. The molecule has 0 aliphatic carbocycles. The summed E-state index contributed by atoms with van der Waals surface area (Å²) in [6.07, 6.45) is 0.767. The van der Waals surface area contributed by atoms with Gasteiger partial charge in [0.2, 0.25) is 10.0 Å². The van der Waals surface area contributed by atoms with Gasteiger partial charge in [0.25, 0.3) is 0 Å². The zero-order chi connectivity index (χ0) is 19.2. The zero-order valence-corrected chi connectivity index (χ0v) is 15.1. The molecule has 2 aromatic rings. The first-order valence-electron chi connectivity index (χ1n) is 8.07. The Morgan fingerprint density at radius 2 is 1.88 bits per heavy atom. The number of carboxylic acids is 1. The number of rotatable bonds is 9. The van der Waals surface area contributed by atoms with E-state index in [-0.39, 0.29) is 23.0 Å². The van der Waals surface area contributed by atoms with Crippen LogP contribution < -0.4 is 10.0 Å². The van der Waals surface area contributed by atoms with Gasteiger partial charge in [-0.05, 0) is 43.7 Å². The van der Waals surface area contributed by atoms with Gasteiger partial charge in [-0.2, -0.15) is 0 Å². The van der Waals surface area contributed by atoms with Crippen molar-refractivity contribution in [2.45, 2.75) is 30.2 Å². The smallest absolute Gasteiger partial charge is 0.303 e. The average Bonchev–Trinajstić information content (AvgIpc) is 2.62. The van der Waals surface area contributed by atoms with Crippen LogP contribution in [0.1, 0.15) is 18.4 Å². The van der Waals surface area contributed by atoms with E-state index in [2.05, 4.69) is 10.0 Å². The topological polar surface area (TPSA) is 95.5 Å². The van der Waals surface area contributed by atoms with E-state index in [0.29, 0.717) is 12.8 Å². The molecule has 0 radical (unpaired) electrons. The van der Waals surface area contributed by atoms with E-state index in [9.17, 15) is 17.6 Å². The number of halogens is 1. The lowest BCUT2D eigenvalue weighted by atomic mass is 10.0. The third-order valence-corrected chi connectivity index (χ3v) is 5.32. The zero-order valence-electron chi connectivity index (χ0n) is 14.3. The second kappa shape index (κ2) is 8.77. The van der Waals surface area contributed by atoms with Gasteiger partial charge in [-0.3, -0.25) is 4.79 Å². The van der Waals surface area contributed by atoms with E-state index in [1.54, 1.807) is 0 Å². The Kier molecular flexibility index (Phi) is 6.70. The first kappa shape index (κ1) is 19.9. The number of anilines is 1. The van der Waals surface area contributed by atoms with Crippen molar-refractivity contribution in [2.24, 2.45) is 0 Å². The quantitative estimate of drug-likeness (QED) is 0.622. The van der Waals surface area contributed by atoms with Crippen LogP contribution in [0.3, 0.4) is 0 Å². The largest absolute Gasteiger partial charge is 0.481 e. The Balaban J connectivity index is 2.20. The van der Waals surface area contributed by atoms with Gasteiger partial charge in [0.05, 0.1) is 10.6 Å². The second-order valence-electron chi connectivity index (χ2n) is 5.81. The molecule has 140 valence electrons. The summed E-state index contributed by atoms with van der Waals surface area (Å²) in [6, 6.07) is 12.7. The van der Waals surface area contributed by atoms with Gasteiger partial charge in [-0.25, -0.2) is 17.5 Å². The van der Waals surface area contributed by atoms with Crippen molar-refractivity contribution < 1.29 is 22.7 Å². The highest BCUT2D eigenvalue weighted by atomic mass is 32.2. The summed E-state index contributed by atoms with van der Waals surface area (Å²) >= 11 is 0. The van der Waals surface area contributed by atoms with Crippen molar-refractivity contribution in [3.05, 3.63) is 59.9 Å². The molecular formula is C18H21FN2O4S. The minimum Gasteiger partial charge on any atom is -0.481 e. The molecule has 8 heteroatoms. The summed E-state index contributed by atoms with van der Waals surface area (Å²) in [4.78, 5) is 10.7. The first-order chi connectivity index (χ1) is 12.3. The van der Waals surface area contributed by atoms with Crippen molar-refractivity contribution in [3.8, 4) is 0 Å². The number of benzene rings is 2. The number of nitrogens with one attached hydrogen (secondary N) is 2. The molecule has 3 N–H and O–H groups in total. The number of sulfonamides is 1. The molecule has 0 amide bonds. The summed E-state index contributed by atoms with van der Waals surface area (Å²) in [7, 11) is -2.48. The van der Waals surface area contributed by atoms with Crippen molar-refractivity contribution in [2.75, 3.05) is 12.4 Å². The van der Waals surface area contributed by atoms with Gasteiger partial charge in [0, 0.05) is 12.5 Å². The van der Waals surface area contributed by atoms with Crippen LogP contribution in [0.4, 0.5) is 10.1 Å². The van der Waals surface area contributed by atoms with E-state index in [1.165, 1.54) is 19.2 Å². The third kappa shape index (κ3) is 5.53. The monoisotopic (exact) mass is 380 g/mol.